The van der Waals surface area contributed by atoms with Gasteiger partial charge in [0.05, 0.1) is 36.5 Å². The number of ether oxygens (including phenoxy) is 2. The van der Waals surface area contributed by atoms with Crippen molar-refractivity contribution >= 4 is 23.1 Å². The van der Waals surface area contributed by atoms with Crippen molar-refractivity contribution in [2.75, 3.05) is 18.1 Å². The smallest absolute Gasteiger partial charge is 0.300 e. The zero-order chi connectivity index (χ0) is 25.2. The Balaban J connectivity index is 1.64. The number of benzene rings is 3. The number of aliphatic hydroxyl groups excluding tert-OH is 1. The number of Topliss-reactive ketones (excluding diaryl/α,β-unsaturated/α-hetero) is 1. The molecule has 1 unspecified atom stereocenters. The van der Waals surface area contributed by atoms with Crippen molar-refractivity contribution in [3.63, 3.8) is 0 Å². The molecule has 3 aromatic carbocycles. The van der Waals surface area contributed by atoms with Crippen LogP contribution in [0, 0.1) is 11.3 Å². The van der Waals surface area contributed by atoms with Crippen LogP contribution >= 0.6 is 0 Å². The Hall–Kier alpha value is -4.57. The maximum atomic E-state index is 13.3. The Bertz CT molecular complexity index is 1400. The molecule has 1 atom stereocenters. The summed E-state index contributed by atoms with van der Waals surface area (Å²) in [6.45, 7) is 3.16. The van der Waals surface area contributed by atoms with Gasteiger partial charge in [0.25, 0.3) is 11.7 Å². The zero-order valence-electron chi connectivity index (χ0n) is 19.7. The minimum absolute atomic E-state index is 0.00505. The van der Waals surface area contributed by atoms with Gasteiger partial charge in [-0.1, -0.05) is 19.1 Å². The summed E-state index contributed by atoms with van der Waals surface area (Å²) in [5.41, 5.74) is 2.93. The quantitative estimate of drug-likeness (QED) is 0.306. The van der Waals surface area contributed by atoms with E-state index in [4.69, 9.17) is 14.7 Å². The van der Waals surface area contributed by atoms with Crippen molar-refractivity contribution in [2.24, 2.45) is 0 Å². The molecule has 0 spiro atoms. The second-order valence-electron chi connectivity index (χ2n) is 8.67. The van der Waals surface area contributed by atoms with E-state index in [0.717, 1.165) is 17.7 Å². The van der Waals surface area contributed by atoms with E-state index in [2.05, 4.69) is 6.07 Å². The van der Waals surface area contributed by atoms with Gasteiger partial charge in [0.15, 0.2) is 0 Å². The maximum absolute atomic E-state index is 13.3. The number of nitriles is 1. The Morgan fingerprint density at radius 3 is 2.56 bits per heavy atom. The normalized spacial score (nSPS) is 18.0. The Labute approximate surface area is 208 Å². The number of nitrogens with zero attached hydrogens (tertiary/aromatic N) is 2. The highest BCUT2D eigenvalue weighted by Gasteiger charge is 2.47. The number of anilines is 1. The van der Waals surface area contributed by atoms with Gasteiger partial charge in [-0.25, -0.2) is 0 Å². The fourth-order valence-corrected chi connectivity index (χ4v) is 4.57. The molecule has 5 rings (SSSR count). The van der Waals surface area contributed by atoms with Crippen LogP contribution < -0.4 is 14.4 Å². The van der Waals surface area contributed by atoms with Crippen molar-refractivity contribution in [3.05, 3.63) is 94.6 Å². The summed E-state index contributed by atoms with van der Waals surface area (Å²) in [4.78, 5) is 28.0. The highest BCUT2D eigenvalue weighted by atomic mass is 16.5. The molecule has 7 nitrogen and oxygen atoms in total. The lowest BCUT2D eigenvalue weighted by atomic mass is 9.94. The highest BCUT2D eigenvalue weighted by Crippen LogP contribution is 2.43. The molecule has 1 amide bonds. The third-order valence-corrected chi connectivity index (χ3v) is 6.35. The lowest BCUT2D eigenvalue weighted by molar-refractivity contribution is -0.132. The van der Waals surface area contributed by atoms with Crippen LogP contribution in [0.2, 0.25) is 0 Å². The van der Waals surface area contributed by atoms with E-state index < -0.39 is 17.7 Å². The van der Waals surface area contributed by atoms with Crippen LogP contribution in [0.1, 0.15) is 41.6 Å². The van der Waals surface area contributed by atoms with E-state index in [-0.39, 0.29) is 11.3 Å². The number of carbonyl (C=O) groups excluding carboxylic acids is 2. The Morgan fingerprint density at radius 2 is 1.86 bits per heavy atom. The Kier molecular flexibility index (Phi) is 6.17. The standard InChI is InChI=1S/C29H24N2O5/c1-2-14-35-23-10-5-19(6-11-23)26-25(27(32)21-7-12-24-20(16-21)13-15-36-24)28(33)29(34)31(26)22-8-3-18(17-30)4-9-22/h3-12,16,26,32H,2,13-15H2,1H3/b27-25-. The minimum Gasteiger partial charge on any atom is -0.507 e. The molecule has 1 N–H and O–H groups in total. The van der Waals surface area contributed by atoms with Gasteiger partial charge in [-0.15, -0.1) is 0 Å². The molecule has 2 aliphatic heterocycles. The first-order chi connectivity index (χ1) is 17.5. The van der Waals surface area contributed by atoms with Crippen LogP contribution in [0.15, 0.2) is 72.3 Å². The fraction of sp³-hybridized carbons (Fsp3) is 0.207. The largest absolute Gasteiger partial charge is 0.507 e. The number of fused-ring (bicyclic) bond motifs is 1. The second kappa shape index (κ2) is 9.59. The highest BCUT2D eigenvalue weighted by molar-refractivity contribution is 6.51. The zero-order valence-corrected chi connectivity index (χ0v) is 19.7. The molecule has 0 aromatic heterocycles. The summed E-state index contributed by atoms with van der Waals surface area (Å²) in [5, 5.41) is 20.5. The predicted molar refractivity (Wildman–Crippen MR) is 134 cm³/mol. The van der Waals surface area contributed by atoms with Gasteiger partial charge in [-0.3, -0.25) is 14.5 Å². The van der Waals surface area contributed by atoms with Gasteiger partial charge in [0.2, 0.25) is 0 Å². The van der Waals surface area contributed by atoms with Crippen molar-refractivity contribution in [1.82, 2.24) is 0 Å². The summed E-state index contributed by atoms with van der Waals surface area (Å²) in [7, 11) is 0. The number of amides is 1. The first kappa shape index (κ1) is 23.2. The SMILES string of the molecule is CCCOc1ccc(C2/C(=C(/O)c3ccc4c(c3)CCO4)C(=O)C(=O)N2c2ccc(C#N)cc2)cc1. The van der Waals surface area contributed by atoms with Crippen molar-refractivity contribution in [1.29, 1.82) is 5.26 Å². The van der Waals surface area contributed by atoms with Crippen LogP contribution in [0.25, 0.3) is 5.76 Å². The van der Waals surface area contributed by atoms with Crippen molar-refractivity contribution < 1.29 is 24.2 Å². The predicted octanol–water partition coefficient (Wildman–Crippen LogP) is 4.91. The van der Waals surface area contributed by atoms with E-state index >= 15 is 0 Å². The third-order valence-electron chi connectivity index (χ3n) is 6.35. The molecule has 0 radical (unpaired) electrons. The van der Waals surface area contributed by atoms with Crippen LogP contribution in [0.3, 0.4) is 0 Å². The van der Waals surface area contributed by atoms with Crippen LogP contribution in [0.5, 0.6) is 11.5 Å². The summed E-state index contributed by atoms with van der Waals surface area (Å²) in [6.07, 6.45) is 1.57. The molecule has 0 saturated carbocycles. The first-order valence-corrected chi connectivity index (χ1v) is 11.8. The van der Waals surface area contributed by atoms with E-state index in [1.54, 1.807) is 66.7 Å². The van der Waals surface area contributed by atoms with Gasteiger partial charge >= 0.3 is 0 Å². The lowest BCUT2D eigenvalue weighted by Crippen LogP contribution is -2.29. The van der Waals surface area contributed by atoms with E-state index in [0.29, 0.717) is 47.8 Å². The molecule has 180 valence electrons. The average Bonchev–Trinajstić information content (AvgIpc) is 3.49. The molecular formula is C29H24N2O5. The minimum atomic E-state index is -0.859. The summed E-state index contributed by atoms with van der Waals surface area (Å²) < 4.78 is 11.2. The third kappa shape index (κ3) is 4.07. The van der Waals surface area contributed by atoms with E-state index in [1.165, 1.54) is 4.90 Å². The number of hydrogen-bond acceptors (Lipinski definition) is 6. The molecule has 2 heterocycles. The van der Waals surface area contributed by atoms with Crippen LogP contribution in [-0.2, 0) is 16.0 Å². The topological polar surface area (TPSA) is 99.9 Å². The monoisotopic (exact) mass is 480 g/mol. The number of rotatable bonds is 6. The van der Waals surface area contributed by atoms with Crippen LogP contribution in [0.4, 0.5) is 5.69 Å². The molecule has 1 fully saturated rings. The van der Waals surface area contributed by atoms with Gasteiger partial charge in [-0.2, -0.15) is 5.26 Å². The number of hydrogen-bond donors (Lipinski definition) is 1. The summed E-state index contributed by atoms with van der Waals surface area (Å²) in [5.74, 6) is -0.333. The van der Waals surface area contributed by atoms with Crippen molar-refractivity contribution in [3.8, 4) is 17.6 Å². The lowest BCUT2D eigenvalue weighted by Gasteiger charge is -2.25. The molecule has 0 bridgehead atoms. The van der Waals surface area contributed by atoms with Gasteiger partial charge in [0.1, 0.15) is 17.3 Å². The van der Waals surface area contributed by atoms with Crippen molar-refractivity contribution in [2.45, 2.75) is 25.8 Å². The van der Waals surface area contributed by atoms with Crippen LogP contribution in [-0.4, -0.2) is 30.0 Å². The number of carbonyl (C=O) groups is 2. The van der Waals surface area contributed by atoms with Gasteiger partial charge in [0, 0.05) is 17.7 Å². The van der Waals surface area contributed by atoms with Gasteiger partial charge < -0.3 is 14.6 Å². The first-order valence-electron chi connectivity index (χ1n) is 11.8. The molecule has 2 aliphatic rings. The van der Waals surface area contributed by atoms with E-state index in [9.17, 15) is 14.7 Å². The molecule has 3 aromatic rings. The summed E-state index contributed by atoms with van der Waals surface area (Å²) >= 11 is 0. The van der Waals surface area contributed by atoms with E-state index in [1.807, 2.05) is 6.92 Å². The molecular weight excluding hydrogens is 456 g/mol. The molecule has 7 heteroatoms. The summed E-state index contributed by atoms with van der Waals surface area (Å²) in [6, 6.07) is 20.0. The second-order valence-corrected chi connectivity index (χ2v) is 8.67. The molecule has 0 aliphatic carbocycles. The molecule has 36 heavy (non-hydrogen) atoms. The average molecular weight is 481 g/mol. The molecule has 1 saturated heterocycles. The number of ketones is 1. The number of aliphatic hydroxyl groups is 1. The maximum Gasteiger partial charge on any atom is 0.300 e. The fourth-order valence-electron chi connectivity index (χ4n) is 4.57. The van der Waals surface area contributed by atoms with Gasteiger partial charge in [-0.05, 0) is 72.1 Å². The Morgan fingerprint density at radius 1 is 1.11 bits per heavy atom.